The zero-order valence-corrected chi connectivity index (χ0v) is 24.7. The van der Waals surface area contributed by atoms with Gasteiger partial charge in [-0.05, 0) is 68.7 Å². The monoisotopic (exact) mass is 584 g/mol. The van der Waals surface area contributed by atoms with Crippen LogP contribution in [0, 0.1) is 0 Å². The SMILES string of the molecule is CCCCOc1ccc(/C=N\N[C@@H](O)COc2ccc([C@@H]3NC(=O)NC(C)=C3C(=O)OC)cc2OCC)cc1OCC. The molecule has 0 saturated carbocycles. The van der Waals surface area contributed by atoms with Gasteiger partial charge in [0.2, 0.25) is 0 Å². The van der Waals surface area contributed by atoms with Gasteiger partial charge in [-0.25, -0.2) is 9.59 Å². The Morgan fingerprint density at radius 1 is 1.02 bits per heavy atom. The highest BCUT2D eigenvalue weighted by atomic mass is 16.5. The third-order valence-electron chi connectivity index (χ3n) is 6.13. The van der Waals surface area contributed by atoms with Gasteiger partial charge in [-0.2, -0.15) is 5.10 Å². The fourth-order valence-corrected chi connectivity index (χ4v) is 4.14. The maximum Gasteiger partial charge on any atom is 0.337 e. The number of unbranched alkanes of at least 4 members (excludes halogenated alkanes) is 1. The summed E-state index contributed by atoms with van der Waals surface area (Å²) in [5.41, 5.74) is 4.66. The zero-order valence-electron chi connectivity index (χ0n) is 24.7. The average molecular weight is 585 g/mol. The fraction of sp³-hybridized carbons (Fsp3) is 0.433. The number of hydrogen-bond donors (Lipinski definition) is 4. The van der Waals surface area contributed by atoms with Gasteiger partial charge in [0, 0.05) is 5.70 Å². The minimum atomic E-state index is -1.13. The van der Waals surface area contributed by atoms with Gasteiger partial charge in [-0.1, -0.05) is 19.4 Å². The molecule has 228 valence electrons. The van der Waals surface area contributed by atoms with Crippen molar-refractivity contribution in [2.45, 2.75) is 52.8 Å². The lowest BCUT2D eigenvalue weighted by Gasteiger charge is -2.28. The molecule has 2 atom stereocenters. The van der Waals surface area contributed by atoms with Crippen molar-refractivity contribution in [2.24, 2.45) is 5.10 Å². The van der Waals surface area contributed by atoms with Crippen LogP contribution in [0.25, 0.3) is 0 Å². The quantitative estimate of drug-likeness (QED) is 0.0760. The van der Waals surface area contributed by atoms with Crippen LogP contribution in [-0.2, 0) is 9.53 Å². The van der Waals surface area contributed by atoms with Crippen molar-refractivity contribution in [3.63, 3.8) is 0 Å². The topological polar surface area (TPSA) is 149 Å². The van der Waals surface area contributed by atoms with E-state index < -0.39 is 24.3 Å². The standard InChI is InChI=1S/C30H40N4O8/c1-6-9-14-41-22-12-10-20(15-24(22)39-7-2)17-31-34-26(35)18-42-23-13-11-21(16-25(23)40-8-3)28-27(29(36)38-5)19(4)32-30(37)33-28/h10-13,15-17,26,28,34-35H,6-9,14,18H2,1-5H3,(H2,32,33,37)/b31-17-/t26-,28-/m0/s1. The molecule has 0 aromatic heterocycles. The first-order valence-electron chi connectivity index (χ1n) is 13.9. The van der Waals surface area contributed by atoms with Gasteiger partial charge in [-0.15, -0.1) is 0 Å². The van der Waals surface area contributed by atoms with E-state index in [4.69, 9.17) is 23.7 Å². The summed E-state index contributed by atoms with van der Waals surface area (Å²) in [4.78, 5) is 24.6. The Labute approximate surface area is 246 Å². The molecule has 0 saturated heterocycles. The summed E-state index contributed by atoms with van der Waals surface area (Å²) in [5.74, 6) is 1.48. The number of nitrogens with zero attached hydrogens (tertiary/aromatic N) is 1. The van der Waals surface area contributed by atoms with E-state index >= 15 is 0 Å². The van der Waals surface area contributed by atoms with E-state index in [0.717, 1.165) is 18.4 Å². The number of nitrogens with one attached hydrogen (secondary N) is 3. The molecule has 0 aliphatic carbocycles. The first-order chi connectivity index (χ1) is 20.3. The number of methoxy groups -OCH3 is 1. The molecule has 12 nitrogen and oxygen atoms in total. The van der Waals surface area contributed by atoms with Gasteiger partial charge in [0.15, 0.2) is 29.2 Å². The van der Waals surface area contributed by atoms with Gasteiger partial charge in [0.05, 0.1) is 44.8 Å². The van der Waals surface area contributed by atoms with Crippen molar-refractivity contribution in [1.82, 2.24) is 16.1 Å². The molecule has 0 spiro atoms. The normalized spacial score (nSPS) is 15.5. The van der Waals surface area contributed by atoms with Crippen molar-refractivity contribution in [1.29, 1.82) is 0 Å². The van der Waals surface area contributed by atoms with Gasteiger partial charge >= 0.3 is 12.0 Å². The molecule has 1 aliphatic rings. The number of carbonyl (C=O) groups excluding carboxylic acids is 2. The van der Waals surface area contributed by atoms with Crippen LogP contribution in [0.5, 0.6) is 23.0 Å². The van der Waals surface area contributed by atoms with E-state index in [1.165, 1.54) is 7.11 Å². The highest BCUT2D eigenvalue weighted by Crippen LogP contribution is 2.35. The van der Waals surface area contributed by atoms with Crippen LogP contribution >= 0.6 is 0 Å². The lowest BCUT2D eigenvalue weighted by Crippen LogP contribution is -2.45. The average Bonchev–Trinajstić information content (AvgIpc) is 2.97. The second-order valence-corrected chi connectivity index (χ2v) is 9.26. The minimum absolute atomic E-state index is 0.137. The molecular weight excluding hydrogens is 544 g/mol. The van der Waals surface area contributed by atoms with Gasteiger partial charge in [0.1, 0.15) is 6.61 Å². The van der Waals surface area contributed by atoms with Crippen molar-refractivity contribution in [3.8, 4) is 23.0 Å². The van der Waals surface area contributed by atoms with Gasteiger partial charge < -0.3 is 39.4 Å². The Balaban J connectivity index is 1.65. The second-order valence-electron chi connectivity index (χ2n) is 9.26. The number of esters is 1. The molecule has 0 bridgehead atoms. The number of amides is 2. The lowest BCUT2D eigenvalue weighted by molar-refractivity contribution is -0.136. The Bertz CT molecular complexity index is 1280. The largest absolute Gasteiger partial charge is 0.490 e. The number of urea groups is 1. The Kier molecular flexibility index (Phi) is 12.3. The fourth-order valence-electron chi connectivity index (χ4n) is 4.14. The third-order valence-corrected chi connectivity index (χ3v) is 6.13. The highest BCUT2D eigenvalue weighted by Gasteiger charge is 2.32. The summed E-state index contributed by atoms with van der Waals surface area (Å²) in [7, 11) is 1.28. The van der Waals surface area contributed by atoms with Crippen LogP contribution in [-0.4, -0.2) is 63.1 Å². The molecule has 1 aliphatic heterocycles. The van der Waals surface area contributed by atoms with E-state index in [9.17, 15) is 14.7 Å². The third kappa shape index (κ3) is 8.77. The van der Waals surface area contributed by atoms with Crippen LogP contribution in [0.1, 0.15) is 57.7 Å². The van der Waals surface area contributed by atoms with E-state index in [2.05, 4.69) is 28.1 Å². The number of allylic oxidation sites excluding steroid dienone is 1. The first kappa shape index (κ1) is 32.1. The molecule has 0 radical (unpaired) electrons. The summed E-state index contributed by atoms with van der Waals surface area (Å²) in [6.45, 7) is 8.78. The Hall–Kier alpha value is -4.45. The van der Waals surface area contributed by atoms with Crippen LogP contribution < -0.4 is 35.0 Å². The maximum atomic E-state index is 12.4. The summed E-state index contributed by atoms with van der Waals surface area (Å²) < 4.78 is 28.0. The summed E-state index contributed by atoms with van der Waals surface area (Å²) in [6.07, 6.45) is 2.43. The van der Waals surface area contributed by atoms with Crippen LogP contribution in [0.4, 0.5) is 4.79 Å². The first-order valence-corrected chi connectivity index (χ1v) is 13.9. The minimum Gasteiger partial charge on any atom is -0.490 e. The summed E-state index contributed by atoms with van der Waals surface area (Å²) >= 11 is 0. The van der Waals surface area contributed by atoms with Crippen molar-refractivity contribution in [2.75, 3.05) is 33.5 Å². The molecule has 0 fully saturated rings. The molecule has 0 unspecified atom stereocenters. The van der Waals surface area contributed by atoms with Crippen molar-refractivity contribution >= 4 is 18.2 Å². The number of aliphatic hydroxyl groups excluding tert-OH is 1. The predicted octanol–water partition coefficient (Wildman–Crippen LogP) is 3.78. The van der Waals surface area contributed by atoms with Crippen molar-refractivity contribution in [3.05, 3.63) is 58.8 Å². The number of carbonyl (C=O) groups is 2. The highest BCUT2D eigenvalue weighted by molar-refractivity contribution is 5.95. The van der Waals surface area contributed by atoms with Crippen LogP contribution in [0.15, 0.2) is 52.8 Å². The van der Waals surface area contributed by atoms with Crippen LogP contribution in [0.3, 0.4) is 0 Å². The number of hydrogen-bond acceptors (Lipinski definition) is 10. The van der Waals surface area contributed by atoms with E-state index in [1.54, 1.807) is 31.3 Å². The van der Waals surface area contributed by atoms with Gasteiger partial charge in [-0.3, -0.25) is 5.43 Å². The lowest BCUT2D eigenvalue weighted by atomic mass is 9.95. The summed E-state index contributed by atoms with van der Waals surface area (Å²) in [5, 5.41) is 19.9. The number of hydrazone groups is 1. The molecule has 2 aromatic rings. The van der Waals surface area contributed by atoms with E-state index in [1.807, 2.05) is 32.0 Å². The molecular formula is C30H40N4O8. The molecule has 2 amide bonds. The number of ether oxygens (including phenoxy) is 5. The number of rotatable bonds is 16. The second kappa shape index (κ2) is 16.1. The van der Waals surface area contributed by atoms with Crippen LogP contribution in [0.2, 0.25) is 0 Å². The summed E-state index contributed by atoms with van der Waals surface area (Å²) in [6, 6.07) is 9.34. The molecule has 12 heteroatoms. The Morgan fingerprint density at radius 3 is 2.40 bits per heavy atom. The number of benzene rings is 2. The van der Waals surface area contributed by atoms with Crippen molar-refractivity contribution < 1.29 is 38.4 Å². The smallest absolute Gasteiger partial charge is 0.337 e. The molecule has 3 rings (SSSR count). The Morgan fingerprint density at radius 2 is 1.71 bits per heavy atom. The zero-order chi connectivity index (χ0) is 30.5. The predicted molar refractivity (Wildman–Crippen MR) is 157 cm³/mol. The van der Waals surface area contributed by atoms with E-state index in [0.29, 0.717) is 54.1 Å². The molecule has 1 heterocycles. The van der Waals surface area contributed by atoms with Gasteiger partial charge in [0.25, 0.3) is 0 Å². The molecule has 2 aromatic carbocycles. The van der Waals surface area contributed by atoms with E-state index in [-0.39, 0.29) is 12.2 Å². The number of aliphatic hydroxyl groups is 1. The molecule has 42 heavy (non-hydrogen) atoms. The molecule has 4 N–H and O–H groups in total. The maximum absolute atomic E-state index is 12.4.